The lowest BCUT2D eigenvalue weighted by Gasteiger charge is -2.38. The molecule has 0 radical (unpaired) electrons. The molecule has 0 unspecified atom stereocenters. The first-order valence-corrected chi connectivity index (χ1v) is 11.2. The van der Waals surface area contributed by atoms with Crippen LogP contribution in [-0.2, 0) is 6.54 Å². The molecule has 0 saturated carbocycles. The van der Waals surface area contributed by atoms with Crippen molar-refractivity contribution in [3.05, 3.63) is 99.4 Å². The van der Waals surface area contributed by atoms with E-state index in [9.17, 15) is 24.4 Å². The molecule has 3 aromatic rings. The number of aromatic hydroxyl groups is 1. The molecule has 1 heterocycles. The fourth-order valence-electron chi connectivity index (χ4n) is 4.34. The van der Waals surface area contributed by atoms with E-state index >= 15 is 0 Å². The van der Waals surface area contributed by atoms with Gasteiger partial charge in [-0.2, -0.15) is 0 Å². The summed E-state index contributed by atoms with van der Waals surface area (Å²) in [5.74, 6) is -0.833. The average molecular weight is 464 g/mol. The van der Waals surface area contributed by atoms with Crippen LogP contribution in [0.25, 0.3) is 0 Å². The van der Waals surface area contributed by atoms with Gasteiger partial charge in [0, 0.05) is 43.0 Å². The third-order valence-electron chi connectivity index (χ3n) is 6.19. The van der Waals surface area contributed by atoms with Gasteiger partial charge in [0.1, 0.15) is 5.82 Å². The molecule has 1 aliphatic heterocycles. The number of hydrogen-bond acceptors (Lipinski definition) is 5. The zero-order valence-corrected chi connectivity index (χ0v) is 18.9. The number of benzene rings is 3. The van der Waals surface area contributed by atoms with Gasteiger partial charge in [-0.3, -0.25) is 19.8 Å². The van der Waals surface area contributed by atoms with Crippen molar-refractivity contribution in [3.63, 3.8) is 0 Å². The van der Waals surface area contributed by atoms with Crippen LogP contribution in [0.4, 0.5) is 15.8 Å². The van der Waals surface area contributed by atoms with Crippen molar-refractivity contribution in [2.75, 3.05) is 18.0 Å². The van der Waals surface area contributed by atoms with Crippen LogP contribution in [0.5, 0.6) is 5.75 Å². The molecule has 1 N–H and O–H groups in total. The number of nitro groups is 1. The molecule has 4 rings (SSSR count). The van der Waals surface area contributed by atoms with Gasteiger partial charge in [0.05, 0.1) is 4.92 Å². The number of nitro benzene ring substituents is 1. The van der Waals surface area contributed by atoms with Gasteiger partial charge in [-0.15, -0.1) is 0 Å². The molecule has 1 saturated heterocycles. The van der Waals surface area contributed by atoms with Gasteiger partial charge in [0.15, 0.2) is 5.75 Å². The number of carbonyl (C=O) groups excluding carboxylic acids is 1. The van der Waals surface area contributed by atoms with Crippen molar-refractivity contribution in [2.45, 2.75) is 32.4 Å². The summed E-state index contributed by atoms with van der Waals surface area (Å²) < 4.78 is 13.6. The number of nitrogens with zero attached hydrogens (tertiary/aromatic N) is 3. The van der Waals surface area contributed by atoms with Crippen LogP contribution in [0, 0.1) is 22.9 Å². The Bertz CT molecular complexity index is 1170. The molecule has 1 fully saturated rings. The highest BCUT2D eigenvalue weighted by atomic mass is 19.1. The fourth-order valence-corrected chi connectivity index (χ4v) is 4.34. The molecule has 3 aromatic carbocycles. The number of piperidine rings is 1. The molecule has 8 heteroatoms. The molecule has 0 atom stereocenters. The minimum atomic E-state index is -0.595. The van der Waals surface area contributed by atoms with Crippen LogP contribution in [0.15, 0.2) is 66.7 Å². The lowest BCUT2D eigenvalue weighted by Crippen LogP contribution is -2.47. The monoisotopic (exact) mass is 463 g/mol. The highest BCUT2D eigenvalue weighted by Crippen LogP contribution is 2.29. The highest BCUT2D eigenvalue weighted by molar-refractivity contribution is 6.06. The predicted molar refractivity (Wildman–Crippen MR) is 127 cm³/mol. The largest absolute Gasteiger partial charge is 0.502 e. The zero-order chi connectivity index (χ0) is 24.2. The van der Waals surface area contributed by atoms with E-state index in [2.05, 4.69) is 4.90 Å². The molecule has 7 nitrogen and oxygen atoms in total. The molecule has 1 amide bonds. The van der Waals surface area contributed by atoms with Crippen LogP contribution in [-0.4, -0.2) is 40.0 Å². The van der Waals surface area contributed by atoms with Gasteiger partial charge in [-0.25, -0.2) is 4.39 Å². The van der Waals surface area contributed by atoms with E-state index in [1.807, 2.05) is 19.1 Å². The summed E-state index contributed by atoms with van der Waals surface area (Å²) in [7, 11) is 0. The fraction of sp³-hybridized carbons (Fsp3) is 0.269. The van der Waals surface area contributed by atoms with E-state index in [1.54, 1.807) is 35.2 Å². The molecule has 34 heavy (non-hydrogen) atoms. The third-order valence-corrected chi connectivity index (χ3v) is 6.19. The summed E-state index contributed by atoms with van der Waals surface area (Å²) in [4.78, 5) is 27.9. The van der Waals surface area contributed by atoms with Crippen LogP contribution in [0.3, 0.4) is 0 Å². The maximum absolute atomic E-state index is 13.6. The van der Waals surface area contributed by atoms with Crippen molar-refractivity contribution in [1.29, 1.82) is 0 Å². The van der Waals surface area contributed by atoms with E-state index < -0.39 is 4.92 Å². The minimum Gasteiger partial charge on any atom is -0.502 e. The van der Waals surface area contributed by atoms with E-state index in [4.69, 9.17) is 0 Å². The van der Waals surface area contributed by atoms with E-state index in [0.29, 0.717) is 43.7 Å². The molecule has 0 aliphatic carbocycles. The second-order valence-corrected chi connectivity index (χ2v) is 8.61. The first-order chi connectivity index (χ1) is 16.3. The summed E-state index contributed by atoms with van der Waals surface area (Å²) >= 11 is 0. The first-order valence-electron chi connectivity index (χ1n) is 11.2. The van der Waals surface area contributed by atoms with Gasteiger partial charge in [0.2, 0.25) is 0 Å². The van der Waals surface area contributed by atoms with Gasteiger partial charge in [-0.1, -0.05) is 23.8 Å². The average Bonchev–Trinajstić information content (AvgIpc) is 2.83. The Morgan fingerprint density at radius 1 is 1.09 bits per heavy atom. The molecule has 0 aromatic heterocycles. The quantitative estimate of drug-likeness (QED) is 0.408. The number of phenolic OH excluding ortho intramolecular Hbond substituents is 1. The van der Waals surface area contributed by atoms with Crippen molar-refractivity contribution in [2.24, 2.45) is 0 Å². The van der Waals surface area contributed by atoms with E-state index in [1.165, 1.54) is 24.3 Å². The topological polar surface area (TPSA) is 86.9 Å². The molecular weight excluding hydrogens is 437 g/mol. The molecule has 1 aliphatic rings. The Morgan fingerprint density at radius 2 is 1.74 bits per heavy atom. The van der Waals surface area contributed by atoms with Gasteiger partial charge < -0.3 is 10.0 Å². The predicted octanol–water partition coefficient (Wildman–Crippen LogP) is 5.06. The molecule has 0 bridgehead atoms. The summed E-state index contributed by atoms with van der Waals surface area (Å²) in [6.07, 6.45) is 1.41. The number of hydrogen-bond donors (Lipinski definition) is 1. The van der Waals surface area contributed by atoms with Gasteiger partial charge in [0.25, 0.3) is 5.91 Å². The number of aryl methyl sites for hydroxylation is 1. The molecular formula is C26H26FN3O4. The Kier molecular flexibility index (Phi) is 6.88. The summed E-state index contributed by atoms with van der Waals surface area (Å²) in [6, 6.07) is 17.7. The number of halogens is 1. The number of carbonyl (C=O) groups is 1. The Hall–Kier alpha value is -3.78. The molecule has 176 valence electrons. The number of phenols is 1. The SMILES string of the molecule is Cc1ccc(C(=O)N(c2ccc(F)cc2)C2CCN(Cc3ccc(O)c([N+](=O)[O-])c3)CC2)cc1. The Labute approximate surface area is 197 Å². The number of amides is 1. The number of likely N-dealkylation sites (tertiary alicyclic amines) is 1. The Balaban J connectivity index is 1.50. The summed E-state index contributed by atoms with van der Waals surface area (Å²) in [5, 5.41) is 20.8. The second kappa shape index (κ2) is 10.0. The zero-order valence-electron chi connectivity index (χ0n) is 18.9. The standard InChI is InChI=1S/C26H26FN3O4/c1-18-2-5-20(6-3-18)26(32)29(22-9-7-21(27)8-10-22)23-12-14-28(15-13-23)17-19-4-11-25(31)24(16-19)30(33)34/h2-11,16,23,31H,12-15,17H2,1H3. The van der Waals surface area contributed by atoms with Crippen molar-refractivity contribution in [1.82, 2.24) is 4.90 Å². The van der Waals surface area contributed by atoms with Crippen LogP contribution >= 0.6 is 0 Å². The van der Waals surface area contributed by atoms with Crippen LogP contribution in [0.2, 0.25) is 0 Å². The number of anilines is 1. The number of rotatable bonds is 6. The summed E-state index contributed by atoms with van der Waals surface area (Å²) in [5.41, 5.74) is 2.73. The lowest BCUT2D eigenvalue weighted by atomic mass is 9.99. The van der Waals surface area contributed by atoms with E-state index in [0.717, 1.165) is 11.1 Å². The summed E-state index contributed by atoms with van der Waals surface area (Å²) in [6.45, 7) is 3.86. The lowest BCUT2D eigenvalue weighted by molar-refractivity contribution is -0.385. The third kappa shape index (κ3) is 5.23. The van der Waals surface area contributed by atoms with Crippen LogP contribution in [0.1, 0.15) is 34.3 Å². The molecule has 0 spiro atoms. The first kappa shape index (κ1) is 23.4. The maximum atomic E-state index is 13.6. The van der Waals surface area contributed by atoms with Crippen molar-refractivity contribution >= 4 is 17.3 Å². The van der Waals surface area contributed by atoms with E-state index in [-0.39, 0.29) is 29.2 Å². The van der Waals surface area contributed by atoms with Crippen LogP contribution < -0.4 is 4.90 Å². The second-order valence-electron chi connectivity index (χ2n) is 8.61. The van der Waals surface area contributed by atoms with Gasteiger partial charge in [-0.05, 0) is 67.8 Å². The normalized spacial score (nSPS) is 14.6. The Morgan fingerprint density at radius 3 is 2.35 bits per heavy atom. The van der Waals surface area contributed by atoms with Crippen molar-refractivity contribution < 1.29 is 19.2 Å². The van der Waals surface area contributed by atoms with Gasteiger partial charge >= 0.3 is 5.69 Å². The minimum absolute atomic E-state index is 0.0651. The maximum Gasteiger partial charge on any atom is 0.311 e. The highest BCUT2D eigenvalue weighted by Gasteiger charge is 2.30. The van der Waals surface area contributed by atoms with Crippen molar-refractivity contribution in [3.8, 4) is 5.75 Å². The smallest absolute Gasteiger partial charge is 0.311 e.